The first-order valence-electron chi connectivity index (χ1n) is 11.5. The molecule has 6 nitrogen and oxygen atoms in total. The lowest BCUT2D eigenvalue weighted by molar-refractivity contribution is -0.143. The number of carbonyl (C=O) groups is 2. The average Bonchev–Trinajstić information content (AvgIpc) is 2.85. The van der Waals surface area contributed by atoms with Gasteiger partial charge in [-0.05, 0) is 61.4 Å². The highest BCUT2D eigenvalue weighted by Gasteiger charge is 2.31. The van der Waals surface area contributed by atoms with Gasteiger partial charge in [0.25, 0.3) is 5.91 Å². The van der Waals surface area contributed by atoms with E-state index in [1.165, 1.54) is 0 Å². The number of rotatable bonds is 11. The Balaban J connectivity index is 1.88. The number of hydrogen-bond donors (Lipinski definition) is 1. The summed E-state index contributed by atoms with van der Waals surface area (Å²) in [6, 6.07) is 23.1. The van der Waals surface area contributed by atoms with E-state index in [0.29, 0.717) is 22.9 Å². The number of nitrogens with zero attached hydrogens (tertiary/aromatic N) is 1. The first-order chi connectivity index (χ1) is 16.9. The van der Waals surface area contributed by atoms with Crippen LogP contribution in [0.1, 0.15) is 25.0 Å². The highest BCUT2D eigenvalue weighted by atomic mass is 35.5. The molecule has 3 aromatic carbocycles. The molecule has 0 unspecified atom stereocenters. The first kappa shape index (κ1) is 26.1. The van der Waals surface area contributed by atoms with E-state index in [-0.39, 0.29) is 31.0 Å². The normalized spacial score (nSPS) is 11.6. The van der Waals surface area contributed by atoms with E-state index in [9.17, 15) is 9.59 Å². The molecule has 3 rings (SSSR count). The molecule has 184 valence electrons. The fraction of sp³-hybridized carbons (Fsp3) is 0.286. The zero-order valence-electron chi connectivity index (χ0n) is 20.2. The molecule has 1 N–H and O–H groups in total. The molecule has 35 heavy (non-hydrogen) atoms. The number of amides is 2. The number of hydrogen-bond acceptors (Lipinski definition) is 4. The van der Waals surface area contributed by atoms with Crippen LogP contribution in [0.4, 0.5) is 0 Å². The summed E-state index contributed by atoms with van der Waals surface area (Å²) < 4.78 is 10.9. The Kier molecular flexibility index (Phi) is 9.56. The lowest BCUT2D eigenvalue weighted by Gasteiger charge is -2.32. The van der Waals surface area contributed by atoms with Crippen molar-refractivity contribution in [3.8, 4) is 11.5 Å². The minimum absolute atomic E-state index is 0.0700. The third kappa shape index (κ3) is 8.04. The summed E-state index contributed by atoms with van der Waals surface area (Å²) in [6.07, 6.45) is 0.369. The molecule has 0 heterocycles. The second-order valence-corrected chi connectivity index (χ2v) is 8.92. The summed E-state index contributed by atoms with van der Waals surface area (Å²) in [6.45, 7) is 3.79. The van der Waals surface area contributed by atoms with Crippen molar-refractivity contribution in [2.75, 3.05) is 13.7 Å². The molecular formula is C28H31ClN2O4. The van der Waals surface area contributed by atoms with Gasteiger partial charge in [0.1, 0.15) is 17.5 Å². The van der Waals surface area contributed by atoms with Gasteiger partial charge in [-0.25, -0.2) is 0 Å². The summed E-state index contributed by atoms with van der Waals surface area (Å²) in [4.78, 5) is 28.4. The molecule has 0 aliphatic heterocycles. The van der Waals surface area contributed by atoms with Gasteiger partial charge < -0.3 is 19.7 Å². The van der Waals surface area contributed by atoms with Gasteiger partial charge in [-0.3, -0.25) is 9.59 Å². The van der Waals surface area contributed by atoms with Crippen molar-refractivity contribution in [2.24, 2.45) is 0 Å². The van der Waals surface area contributed by atoms with Crippen molar-refractivity contribution in [3.63, 3.8) is 0 Å². The van der Waals surface area contributed by atoms with Gasteiger partial charge in [0.2, 0.25) is 5.91 Å². The summed E-state index contributed by atoms with van der Waals surface area (Å²) in [5, 5.41) is 3.53. The van der Waals surface area contributed by atoms with Crippen LogP contribution in [0.25, 0.3) is 0 Å². The molecule has 0 aliphatic rings. The van der Waals surface area contributed by atoms with Crippen LogP contribution >= 0.6 is 11.6 Å². The summed E-state index contributed by atoms with van der Waals surface area (Å²) in [5.41, 5.74) is 1.78. The van der Waals surface area contributed by atoms with Crippen molar-refractivity contribution in [1.82, 2.24) is 10.2 Å². The molecule has 0 fully saturated rings. The molecule has 0 saturated carbocycles. The number of ether oxygens (including phenoxy) is 2. The van der Waals surface area contributed by atoms with Crippen molar-refractivity contribution in [1.29, 1.82) is 0 Å². The Bertz CT molecular complexity index is 1100. The predicted molar refractivity (Wildman–Crippen MR) is 138 cm³/mol. The van der Waals surface area contributed by atoms with E-state index >= 15 is 0 Å². The van der Waals surface area contributed by atoms with Crippen LogP contribution < -0.4 is 14.8 Å². The standard InChI is InChI=1S/C28H31ClN2O4/c1-20(2)30-28(33)26(17-21-8-5-4-6-9-21)31(18-22-10-7-11-23(29)16-22)27(32)19-35-25-14-12-24(34-3)13-15-25/h4-16,20,26H,17-19H2,1-3H3,(H,30,33)/t26-/m1/s1. The second kappa shape index (κ2) is 12.8. The third-order valence-corrected chi connectivity index (χ3v) is 5.60. The van der Waals surface area contributed by atoms with Gasteiger partial charge >= 0.3 is 0 Å². The van der Waals surface area contributed by atoms with Crippen LogP contribution in [-0.4, -0.2) is 42.5 Å². The lowest BCUT2D eigenvalue weighted by atomic mass is 10.0. The van der Waals surface area contributed by atoms with Crippen LogP contribution in [0, 0.1) is 0 Å². The van der Waals surface area contributed by atoms with Crippen molar-refractivity contribution < 1.29 is 19.1 Å². The smallest absolute Gasteiger partial charge is 0.261 e. The van der Waals surface area contributed by atoms with E-state index in [4.69, 9.17) is 21.1 Å². The largest absolute Gasteiger partial charge is 0.497 e. The Morgan fingerprint density at radius 1 is 0.914 bits per heavy atom. The highest BCUT2D eigenvalue weighted by molar-refractivity contribution is 6.30. The van der Waals surface area contributed by atoms with Gasteiger partial charge in [-0.15, -0.1) is 0 Å². The quantitative estimate of drug-likeness (QED) is 0.412. The highest BCUT2D eigenvalue weighted by Crippen LogP contribution is 2.20. The Morgan fingerprint density at radius 3 is 2.20 bits per heavy atom. The van der Waals surface area contributed by atoms with Gasteiger partial charge in [0, 0.05) is 24.0 Å². The molecule has 3 aromatic rings. The fourth-order valence-electron chi connectivity index (χ4n) is 3.67. The minimum atomic E-state index is -0.731. The van der Waals surface area contributed by atoms with Gasteiger partial charge in [0.15, 0.2) is 6.61 Å². The van der Waals surface area contributed by atoms with Crippen LogP contribution in [0.3, 0.4) is 0 Å². The van der Waals surface area contributed by atoms with Gasteiger partial charge in [-0.2, -0.15) is 0 Å². The Hall–Kier alpha value is -3.51. The molecule has 1 atom stereocenters. The molecule has 0 aliphatic carbocycles. The van der Waals surface area contributed by atoms with Crippen LogP contribution in [-0.2, 0) is 22.6 Å². The van der Waals surface area contributed by atoms with E-state index < -0.39 is 6.04 Å². The van der Waals surface area contributed by atoms with Gasteiger partial charge in [-0.1, -0.05) is 54.1 Å². The maximum absolute atomic E-state index is 13.5. The molecule has 7 heteroatoms. The Morgan fingerprint density at radius 2 is 1.57 bits per heavy atom. The summed E-state index contributed by atoms with van der Waals surface area (Å²) in [7, 11) is 1.59. The lowest BCUT2D eigenvalue weighted by Crippen LogP contribution is -2.52. The van der Waals surface area contributed by atoms with E-state index in [1.54, 1.807) is 48.4 Å². The number of halogens is 1. The molecular weight excluding hydrogens is 464 g/mol. The maximum Gasteiger partial charge on any atom is 0.261 e. The zero-order valence-corrected chi connectivity index (χ0v) is 21.0. The van der Waals surface area contributed by atoms with Crippen LogP contribution in [0.5, 0.6) is 11.5 Å². The minimum Gasteiger partial charge on any atom is -0.497 e. The SMILES string of the molecule is COc1ccc(OCC(=O)N(Cc2cccc(Cl)c2)[C@H](Cc2ccccc2)C(=O)NC(C)C)cc1. The van der Waals surface area contributed by atoms with Crippen molar-refractivity contribution in [3.05, 3.63) is 95.0 Å². The Labute approximate surface area is 211 Å². The molecule has 2 amide bonds. The van der Waals surface area contributed by atoms with Gasteiger partial charge in [0.05, 0.1) is 7.11 Å². The molecule has 0 radical (unpaired) electrons. The van der Waals surface area contributed by atoms with Crippen LogP contribution in [0.15, 0.2) is 78.9 Å². The number of nitrogens with one attached hydrogen (secondary N) is 1. The van der Waals surface area contributed by atoms with E-state index in [0.717, 1.165) is 11.1 Å². The fourth-order valence-corrected chi connectivity index (χ4v) is 3.88. The van der Waals surface area contributed by atoms with Crippen molar-refractivity contribution >= 4 is 23.4 Å². The van der Waals surface area contributed by atoms with Crippen molar-refractivity contribution in [2.45, 2.75) is 38.9 Å². The summed E-state index contributed by atoms with van der Waals surface area (Å²) in [5.74, 6) is 0.706. The topological polar surface area (TPSA) is 67.9 Å². The average molecular weight is 495 g/mol. The van der Waals surface area contributed by atoms with E-state index in [2.05, 4.69) is 5.32 Å². The molecule has 0 bridgehead atoms. The predicted octanol–water partition coefficient (Wildman–Crippen LogP) is 4.89. The third-order valence-electron chi connectivity index (χ3n) is 5.37. The number of methoxy groups -OCH3 is 1. The monoisotopic (exact) mass is 494 g/mol. The number of benzene rings is 3. The second-order valence-electron chi connectivity index (χ2n) is 8.48. The molecule has 0 aromatic heterocycles. The first-order valence-corrected chi connectivity index (χ1v) is 11.9. The number of carbonyl (C=O) groups excluding carboxylic acids is 2. The summed E-state index contributed by atoms with van der Waals surface area (Å²) >= 11 is 6.20. The molecule has 0 spiro atoms. The zero-order chi connectivity index (χ0) is 25.2. The van der Waals surface area contributed by atoms with E-state index in [1.807, 2.05) is 56.3 Å². The van der Waals surface area contributed by atoms with Crippen LogP contribution in [0.2, 0.25) is 5.02 Å². The maximum atomic E-state index is 13.5. The molecule has 0 saturated heterocycles.